The molecule has 0 aliphatic carbocycles. The molecule has 0 aromatic heterocycles. The minimum absolute atomic E-state index is 0.0915. The minimum atomic E-state index is -4.09. The Kier molecular flexibility index (Phi) is 8.38. The van der Waals surface area contributed by atoms with Crippen molar-refractivity contribution in [1.29, 1.82) is 0 Å². The number of hydrogen-bond donors (Lipinski definition) is 2. The number of carbonyl (C=O) groups is 1. The molecule has 0 fully saturated rings. The molecule has 0 aliphatic heterocycles. The van der Waals surface area contributed by atoms with Crippen molar-refractivity contribution in [2.75, 3.05) is 26.6 Å². The van der Waals surface area contributed by atoms with Gasteiger partial charge in [-0.05, 0) is 42.3 Å². The van der Waals surface area contributed by atoms with Crippen molar-refractivity contribution >= 4 is 33.2 Å². The largest absolute Gasteiger partial charge is 0.497 e. The second-order valence-corrected chi connectivity index (χ2v) is 9.34. The molecule has 0 bridgehead atoms. The van der Waals surface area contributed by atoms with E-state index in [-0.39, 0.29) is 16.3 Å². The summed E-state index contributed by atoms with van der Waals surface area (Å²) in [5, 5.41) is 2.88. The molecule has 0 aliphatic rings. The van der Waals surface area contributed by atoms with Gasteiger partial charge in [0, 0.05) is 6.07 Å². The van der Waals surface area contributed by atoms with Gasteiger partial charge in [-0.3, -0.25) is 4.79 Å². The number of anilines is 1. The van der Waals surface area contributed by atoms with Crippen LogP contribution in [0.25, 0.3) is 0 Å². The number of amides is 1. The van der Waals surface area contributed by atoms with E-state index < -0.39 is 22.0 Å². The summed E-state index contributed by atoms with van der Waals surface area (Å²) >= 11 is 6.11. The third kappa shape index (κ3) is 6.19. The van der Waals surface area contributed by atoms with Gasteiger partial charge in [0.15, 0.2) is 0 Å². The Labute approximate surface area is 203 Å². The van der Waals surface area contributed by atoms with Crippen LogP contribution < -0.4 is 24.2 Å². The maximum absolute atomic E-state index is 13.2. The Bertz CT molecular complexity index is 1250. The molecule has 2 N–H and O–H groups in total. The lowest BCUT2D eigenvalue weighted by molar-refractivity contribution is -0.117. The van der Waals surface area contributed by atoms with Crippen LogP contribution in [0.5, 0.6) is 17.2 Å². The summed E-state index contributed by atoms with van der Waals surface area (Å²) < 4.78 is 44.3. The minimum Gasteiger partial charge on any atom is -0.497 e. The first-order chi connectivity index (χ1) is 16.3. The van der Waals surface area contributed by atoms with Gasteiger partial charge in [0.25, 0.3) is 0 Å². The van der Waals surface area contributed by atoms with Crippen molar-refractivity contribution in [2.45, 2.75) is 17.4 Å². The van der Waals surface area contributed by atoms with Gasteiger partial charge < -0.3 is 19.5 Å². The second kappa shape index (κ2) is 11.2. The first-order valence-electron chi connectivity index (χ1n) is 10.2. The molecule has 0 saturated heterocycles. The van der Waals surface area contributed by atoms with Crippen LogP contribution in [0.15, 0.2) is 71.6 Å². The van der Waals surface area contributed by atoms with Gasteiger partial charge in [0.2, 0.25) is 15.9 Å². The van der Waals surface area contributed by atoms with Gasteiger partial charge in [-0.2, -0.15) is 4.72 Å². The highest BCUT2D eigenvalue weighted by molar-refractivity contribution is 7.89. The Balaban J connectivity index is 1.90. The quantitative estimate of drug-likeness (QED) is 0.434. The maximum atomic E-state index is 13.2. The first-order valence-corrected chi connectivity index (χ1v) is 12.1. The SMILES string of the molecule is COc1ccc(NC(=O)[C@@H](Cc2ccccc2)NS(=O)(=O)c2ccc(OC)c(Cl)c2)c(OC)c1. The monoisotopic (exact) mass is 504 g/mol. The average molecular weight is 505 g/mol. The van der Waals surface area contributed by atoms with Crippen molar-refractivity contribution < 1.29 is 27.4 Å². The molecule has 0 radical (unpaired) electrons. The highest BCUT2D eigenvalue weighted by Crippen LogP contribution is 2.30. The molecule has 0 unspecified atom stereocenters. The van der Waals surface area contributed by atoms with Crippen LogP contribution in [0.1, 0.15) is 5.56 Å². The predicted molar refractivity (Wildman–Crippen MR) is 130 cm³/mol. The van der Waals surface area contributed by atoms with E-state index >= 15 is 0 Å². The fraction of sp³-hybridized carbons (Fsp3) is 0.208. The second-order valence-electron chi connectivity index (χ2n) is 7.22. The highest BCUT2D eigenvalue weighted by atomic mass is 35.5. The fourth-order valence-electron chi connectivity index (χ4n) is 3.23. The Morgan fingerprint density at radius 1 is 0.912 bits per heavy atom. The lowest BCUT2D eigenvalue weighted by Crippen LogP contribution is -2.45. The lowest BCUT2D eigenvalue weighted by atomic mass is 10.1. The lowest BCUT2D eigenvalue weighted by Gasteiger charge is -2.20. The summed E-state index contributed by atoms with van der Waals surface area (Å²) in [6, 6.07) is 16.9. The number of carbonyl (C=O) groups excluding carboxylic acids is 1. The number of rotatable bonds is 10. The Hall–Kier alpha value is -3.27. The molecule has 3 rings (SSSR count). The number of benzene rings is 3. The molecule has 1 amide bonds. The van der Waals surface area contributed by atoms with Crippen LogP contribution in [-0.4, -0.2) is 41.7 Å². The molecular weight excluding hydrogens is 480 g/mol. The standard InChI is InChI=1S/C24H25ClN2O6S/c1-31-17-9-11-20(23(14-17)33-3)26-24(28)21(13-16-7-5-4-6-8-16)27-34(29,30)18-10-12-22(32-2)19(25)15-18/h4-12,14-15,21,27H,13H2,1-3H3,(H,26,28)/t21-/m1/s1. The van der Waals surface area contributed by atoms with Crippen molar-refractivity contribution in [3.05, 3.63) is 77.3 Å². The molecular formula is C24H25ClN2O6S. The van der Waals surface area contributed by atoms with E-state index in [9.17, 15) is 13.2 Å². The number of halogens is 1. The van der Waals surface area contributed by atoms with Crippen LogP contribution in [0.4, 0.5) is 5.69 Å². The molecule has 8 nitrogen and oxygen atoms in total. The summed E-state index contributed by atoms with van der Waals surface area (Å²) in [6.45, 7) is 0. The fourth-order valence-corrected chi connectivity index (χ4v) is 4.77. The normalized spacial score (nSPS) is 12.0. The number of sulfonamides is 1. The van der Waals surface area contributed by atoms with Crippen LogP contribution in [0.3, 0.4) is 0 Å². The van der Waals surface area contributed by atoms with Crippen LogP contribution in [-0.2, 0) is 21.2 Å². The zero-order valence-electron chi connectivity index (χ0n) is 18.9. The van der Waals surface area contributed by atoms with Gasteiger partial charge in [-0.1, -0.05) is 41.9 Å². The van der Waals surface area contributed by atoms with E-state index in [1.165, 1.54) is 39.5 Å². The predicted octanol–water partition coefficient (Wildman–Crippen LogP) is 3.89. The van der Waals surface area contributed by atoms with Crippen molar-refractivity contribution in [3.63, 3.8) is 0 Å². The Morgan fingerprint density at radius 2 is 1.62 bits per heavy atom. The number of nitrogens with one attached hydrogen (secondary N) is 2. The highest BCUT2D eigenvalue weighted by Gasteiger charge is 2.27. The van der Waals surface area contributed by atoms with E-state index in [1.54, 1.807) is 18.2 Å². The van der Waals surface area contributed by atoms with Gasteiger partial charge in [-0.25, -0.2) is 8.42 Å². The molecule has 1 atom stereocenters. The molecule has 3 aromatic rings. The first kappa shape index (κ1) is 25.4. The molecule has 3 aromatic carbocycles. The number of ether oxygens (including phenoxy) is 3. The summed E-state index contributed by atoms with van der Waals surface area (Å²) in [6.07, 6.45) is 0.119. The van der Waals surface area contributed by atoms with Crippen molar-refractivity contribution in [2.24, 2.45) is 0 Å². The van der Waals surface area contributed by atoms with Crippen LogP contribution in [0, 0.1) is 0 Å². The average Bonchev–Trinajstić information content (AvgIpc) is 2.84. The summed E-state index contributed by atoms with van der Waals surface area (Å²) in [5.41, 5.74) is 1.15. The number of methoxy groups -OCH3 is 3. The maximum Gasteiger partial charge on any atom is 0.243 e. The Morgan fingerprint density at radius 3 is 2.24 bits per heavy atom. The molecule has 0 heterocycles. The van der Waals surface area contributed by atoms with Crippen molar-refractivity contribution in [3.8, 4) is 17.2 Å². The van der Waals surface area contributed by atoms with Gasteiger partial charge in [0.05, 0.1) is 36.9 Å². The van der Waals surface area contributed by atoms with Gasteiger partial charge in [-0.15, -0.1) is 0 Å². The van der Waals surface area contributed by atoms with E-state index in [1.807, 2.05) is 30.3 Å². The van der Waals surface area contributed by atoms with Crippen molar-refractivity contribution in [1.82, 2.24) is 4.72 Å². The number of hydrogen-bond acceptors (Lipinski definition) is 6. The van der Waals surface area contributed by atoms with Gasteiger partial charge >= 0.3 is 0 Å². The van der Waals surface area contributed by atoms with E-state index in [0.29, 0.717) is 22.9 Å². The molecule has 10 heteroatoms. The van der Waals surface area contributed by atoms with Crippen LogP contribution >= 0.6 is 11.6 Å². The van der Waals surface area contributed by atoms with E-state index in [4.69, 9.17) is 25.8 Å². The molecule has 0 saturated carbocycles. The summed E-state index contributed by atoms with van der Waals surface area (Å²) in [4.78, 5) is 13.2. The van der Waals surface area contributed by atoms with Gasteiger partial charge in [0.1, 0.15) is 23.3 Å². The molecule has 0 spiro atoms. The smallest absolute Gasteiger partial charge is 0.243 e. The molecule has 34 heavy (non-hydrogen) atoms. The topological polar surface area (TPSA) is 103 Å². The molecule has 180 valence electrons. The van der Waals surface area contributed by atoms with E-state index in [0.717, 1.165) is 5.56 Å². The third-order valence-electron chi connectivity index (χ3n) is 5.00. The zero-order chi connectivity index (χ0) is 24.7. The van der Waals surface area contributed by atoms with E-state index in [2.05, 4.69) is 10.0 Å². The third-order valence-corrected chi connectivity index (χ3v) is 6.76. The summed E-state index contributed by atoms with van der Waals surface area (Å²) in [7, 11) is 0.316. The van der Waals surface area contributed by atoms with Crippen LogP contribution in [0.2, 0.25) is 5.02 Å². The zero-order valence-corrected chi connectivity index (χ0v) is 20.4. The summed E-state index contributed by atoms with van der Waals surface area (Å²) in [5.74, 6) is 0.699.